The summed E-state index contributed by atoms with van der Waals surface area (Å²) in [5.41, 5.74) is 2.25. The molecule has 0 aliphatic heterocycles. The zero-order chi connectivity index (χ0) is 15.6. The van der Waals surface area contributed by atoms with Crippen LogP contribution in [-0.2, 0) is 9.47 Å². The first-order valence-electron chi connectivity index (χ1n) is 6.18. The van der Waals surface area contributed by atoms with Gasteiger partial charge < -0.3 is 14.5 Å². The third-order valence-electron chi connectivity index (χ3n) is 3.08. The van der Waals surface area contributed by atoms with Crippen LogP contribution in [0.2, 0.25) is 0 Å². The van der Waals surface area contributed by atoms with Gasteiger partial charge in [-0.3, -0.25) is 9.97 Å². The molecule has 0 saturated heterocycles. The normalized spacial score (nSPS) is 10.3. The molecule has 0 bridgehead atoms. The molecule has 7 nitrogen and oxygen atoms in total. The summed E-state index contributed by atoms with van der Waals surface area (Å²) in [5.74, 6) is -1.25. The van der Waals surface area contributed by atoms with E-state index >= 15 is 0 Å². The fourth-order valence-corrected chi connectivity index (χ4v) is 2.12. The van der Waals surface area contributed by atoms with Gasteiger partial charge in [-0.15, -0.1) is 0 Å². The van der Waals surface area contributed by atoms with Crippen LogP contribution in [0.3, 0.4) is 0 Å². The first-order chi connectivity index (χ1) is 10.0. The predicted octanol–water partition coefficient (Wildman–Crippen LogP) is 1.66. The molecule has 0 fully saturated rings. The van der Waals surface area contributed by atoms with Crippen molar-refractivity contribution in [2.24, 2.45) is 0 Å². The van der Waals surface area contributed by atoms with Gasteiger partial charge in [-0.05, 0) is 13.8 Å². The number of carbonyl (C=O) groups is 2. The SMILES string of the molecule is COC(=O)c1c(C)[nH]c(-c2nccnc2C)c1C(=O)OC. The van der Waals surface area contributed by atoms with Crippen LogP contribution in [0.4, 0.5) is 0 Å². The molecule has 21 heavy (non-hydrogen) atoms. The Hall–Kier alpha value is -2.70. The molecule has 1 N–H and O–H groups in total. The lowest BCUT2D eigenvalue weighted by Gasteiger charge is -2.06. The van der Waals surface area contributed by atoms with Crippen molar-refractivity contribution in [1.29, 1.82) is 0 Å². The van der Waals surface area contributed by atoms with Crippen LogP contribution < -0.4 is 0 Å². The summed E-state index contributed by atoms with van der Waals surface area (Å²) >= 11 is 0. The molecule has 0 radical (unpaired) electrons. The van der Waals surface area contributed by atoms with E-state index in [1.54, 1.807) is 20.0 Å². The minimum absolute atomic E-state index is 0.102. The summed E-state index contributed by atoms with van der Waals surface area (Å²) < 4.78 is 9.50. The van der Waals surface area contributed by atoms with Gasteiger partial charge in [0, 0.05) is 18.1 Å². The first kappa shape index (κ1) is 14.7. The van der Waals surface area contributed by atoms with Gasteiger partial charge >= 0.3 is 11.9 Å². The van der Waals surface area contributed by atoms with Crippen molar-refractivity contribution in [1.82, 2.24) is 15.0 Å². The van der Waals surface area contributed by atoms with Crippen molar-refractivity contribution < 1.29 is 19.1 Å². The van der Waals surface area contributed by atoms with Crippen LogP contribution in [0.1, 0.15) is 32.1 Å². The molecule has 2 heterocycles. The lowest BCUT2D eigenvalue weighted by atomic mass is 10.1. The van der Waals surface area contributed by atoms with Crippen molar-refractivity contribution in [3.63, 3.8) is 0 Å². The van der Waals surface area contributed by atoms with E-state index in [1.807, 2.05) is 0 Å². The predicted molar refractivity (Wildman–Crippen MR) is 74.0 cm³/mol. The monoisotopic (exact) mass is 289 g/mol. The molecule has 0 unspecified atom stereocenters. The number of H-pyrrole nitrogens is 1. The first-order valence-corrected chi connectivity index (χ1v) is 6.18. The Balaban J connectivity index is 2.76. The lowest BCUT2D eigenvalue weighted by molar-refractivity contribution is 0.0556. The number of hydrogen-bond donors (Lipinski definition) is 1. The molecular weight excluding hydrogens is 274 g/mol. The maximum atomic E-state index is 12.1. The summed E-state index contributed by atoms with van der Waals surface area (Å²) in [4.78, 5) is 35.3. The molecular formula is C14H15N3O4. The summed E-state index contributed by atoms with van der Waals surface area (Å²) in [6.07, 6.45) is 3.06. The quantitative estimate of drug-likeness (QED) is 0.864. The molecule has 0 aliphatic carbocycles. The van der Waals surface area contributed by atoms with Crippen molar-refractivity contribution in [3.8, 4) is 11.4 Å². The van der Waals surface area contributed by atoms with Gasteiger partial charge in [0.05, 0.1) is 31.2 Å². The minimum Gasteiger partial charge on any atom is -0.465 e. The average molecular weight is 289 g/mol. The molecule has 7 heteroatoms. The number of carbonyl (C=O) groups excluding carboxylic acids is 2. The van der Waals surface area contributed by atoms with Gasteiger partial charge in [0.25, 0.3) is 0 Å². The second kappa shape index (κ2) is 5.74. The van der Waals surface area contributed by atoms with Gasteiger partial charge in [0.1, 0.15) is 11.3 Å². The number of aryl methyl sites for hydroxylation is 2. The summed E-state index contributed by atoms with van der Waals surface area (Å²) in [6, 6.07) is 0. The van der Waals surface area contributed by atoms with E-state index in [9.17, 15) is 9.59 Å². The van der Waals surface area contributed by atoms with Crippen LogP contribution in [0.5, 0.6) is 0 Å². The van der Waals surface area contributed by atoms with E-state index in [2.05, 4.69) is 15.0 Å². The van der Waals surface area contributed by atoms with Crippen LogP contribution in [0, 0.1) is 13.8 Å². The van der Waals surface area contributed by atoms with Crippen LogP contribution in [0.25, 0.3) is 11.4 Å². The Labute approximate surface area is 121 Å². The molecule has 0 spiro atoms. The molecule has 2 aromatic rings. The number of aromatic amines is 1. The van der Waals surface area contributed by atoms with Crippen molar-refractivity contribution in [2.75, 3.05) is 14.2 Å². The summed E-state index contributed by atoms with van der Waals surface area (Å²) in [6.45, 7) is 3.44. The van der Waals surface area contributed by atoms with Gasteiger partial charge in [0.15, 0.2) is 0 Å². The molecule has 0 saturated carbocycles. The largest absolute Gasteiger partial charge is 0.465 e. The Morgan fingerprint density at radius 1 is 1.00 bits per heavy atom. The van der Waals surface area contributed by atoms with Gasteiger partial charge in [-0.1, -0.05) is 0 Å². The summed E-state index contributed by atoms with van der Waals surface area (Å²) in [5, 5.41) is 0. The molecule has 0 aromatic carbocycles. The molecule has 2 rings (SSSR count). The van der Waals surface area contributed by atoms with Crippen molar-refractivity contribution in [3.05, 3.63) is 34.9 Å². The Morgan fingerprint density at radius 2 is 1.57 bits per heavy atom. The fourth-order valence-electron chi connectivity index (χ4n) is 2.12. The highest BCUT2D eigenvalue weighted by atomic mass is 16.5. The minimum atomic E-state index is -0.639. The molecule has 0 amide bonds. The van der Waals surface area contributed by atoms with Gasteiger partial charge in [-0.2, -0.15) is 0 Å². The number of methoxy groups -OCH3 is 2. The number of nitrogens with zero attached hydrogens (tertiary/aromatic N) is 2. The van der Waals surface area contributed by atoms with Gasteiger partial charge in [-0.25, -0.2) is 9.59 Å². The van der Waals surface area contributed by atoms with Crippen LogP contribution in [0.15, 0.2) is 12.4 Å². The molecule has 0 aliphatic rings. The Bertz CT molecular complexity index is 706. The second-order valence-electron chi connectivity index (χ2n) is 4.35. The highest BCUT2D eigenvalue weighted by Crippen LogP contribution is 2.29. The van der Waals surface area contributed by atoms with Crippen LogP contribution in [-0.4, -0.2) is 41.1 Å². The molecule has 0 atom stereocenters. The number of rotatable bonds is 3. The topological polar surface area (TPSA) is 94.2 Å². The third kappa shape index (κ3) is 2.49. The van der Waals surface area contributed by atoms with Crippen LogP contribution >= 0.6 is 0 Å². The maximum Gasteiger partial charge on any atom is 0.341 e. The maximum absolute atomic E-state index is 12.1. The number of hydrogen-bond acceptors (Lipinski definition) is 6. The highest BCUT2D eigenvalue weighted by Gasteiger charge is 2.29. The number of aromatic nitrogens is 3. The molecule has 110 valence electrons. The number of esters is 2. The number of nitrogens with one attached hydrogen (secondary N) is 1. The van der Waals surface area contributed by atoms with E-state index in [4.69, 9.17) is 9.47 Å². The highest BCUT2D eigenvalue weighted by molar-refractivity contribution is 6.08. The average Bonchev–Trinajstić information content (AvgIpc) is 2.83. The smallest absolute Gasteiger partial charge is 0.341 e. The third-order valence-corrected chi connectivity index (χ3v) is 3.08. The zero-order valence-electron chi connectivity index (χ0n) is 12.2. The second-order valence-corrected chi connectivity index (χ2v) is 4.35. The Morgan fingerprint density at radius 3 is 2.14 bits per heavy atom. The molecule has 2 aromatic heterocycles. The van der Waals surface area contributed by atoms with E-state index in [1.165, 1.54) is 20.4 Å². The number of ether oxygens (including phenoxy) is 2. The Kier molecular flexibility index (Phi) is 4.02. The van der Waals surface area contributed by atoms with Gasteiger partial charge in [0.2, 0.25) is 0 Å². The van der Waals surface area contributed by atoms with Crippen molar-refractivity contribution >= 4 is 11.9 Å². The van der Waals surface area contributed by atoms with Crippen molar-refractivity contribution in [2.45, 2.75) is 13.8 Å². The fraction of sp³-hybridized carbons (Fsp3) is 0.286. The summed E-state index contributed by atoms with van der Waals surface area (Å²) in [7, 11) is 2.50. The van der Waals surface area contributed by atoms with E-state index in [-0.39, 0.29) is 11.1 Å². The lowest BCUT2D eigenvalue weighted by Crippen LogP contribution is -2.11. The zero-order valence-corrected chi connectivity index (χ0v) is 12.2. The standard InChI is InChI=1S/C14H15N3O4/c1-7-9(13(18)20-3)10(14(19)21-4)12(17-7)11-8(2)15-5-6-16-11/h5-6,17H,1-4H3. The van der Waals surface area contributed by atoms with E-state index in [0.29, 0.717) is 22.8 Å². The van der Waals surface area contributed by atoms with E-state index in [0.717, 1.165) is 0 Å². The van der Waals surface area contributed by atoms with E-state index < -0.39 is 11.9 Å².